The van der Waals surface area contributed by atoms with Gasteiger partial charge in [-0.15, -0.1) is 11.3 Å². The molecule has 2 unspecified atom stereocenters. The number of aromatic nitrogens is 3. The summed E-state index contributed by atoms with van der Waals surface area (Å²) in [4.78, 5) is 42.5. The molecule has 2 atom stereocenters. The first-order valence-corrected chi connectivity index (χ1v) is 14.5. The van der Waals surface area contributed by atoms with Gasteiger partial charge in [0.25, 0.3) is 11.8 Å². The minimum absolute atomic E-state index is 0. The summed E-state index contributed by atoms with van der Waals surface area (Å²) in [6.07, 6.45) is 9.70. The zero-order valence-corrected chi connectivity index (χ0v) is 24.3. The molecule has 0 saturated heterocycles. The molecule has 43 heavy (non-hydrogen) atoms. The van der Waals surface area contributed by atoms with Gasteiger partial charge >= 0.3 is 0 Å². The summed E-state index contributed by atoms with van der Waals surface area (Å²) >= 11 is 1.31. The van der Waals surface area contributed by atoms with Gasteiger partial charge in [0.15, 0.2) is 12.2 Å². The van der Waals surface area contributed by atoms with E-state index in [9.17, 15) is 14.9 Å². The molecular formula is C32H29N7O3S. The van der Waals surface area contributed by atoms with Gasteiger partial charge in [-0.3, -0.25) is 19.9 Å². The molecule has 11 heteroatoms. The molecule has 10 nitrogen and oxygen atoms in total. The second-order valence-electron chi connectivity index (χ2n) is 10.3. The number of aliphatic imine (C=N–C) groups is 1. The van der Waals surface area contributed by atoms with Crippen molar-refractivity contribution in [2.45, 2.75) is 19.9 Å². The molecule has 0 spiro atoms. The van der Waals surface area contributed by atoms with E-state index < -0.39 is 0 Å². The zero-order valence-electron chi connectivity index (χ0n) is 23.5. The molecule has 2 aromatic carbocycles. The minimum Gasteiger partial charge on any atom is -0.443 e. The normalized spacial score (nSPS) is 14.9. The van der Waals surface area contributed by atoms with E-state index >= 15 is 0 Å². The Labute approximate surface area is 253 Å². The van der Waals surface area contributed by atoms with Crippen molar-refractivity contribution in [3.8, 4) is 16.7 Å². The van der Waals surface area contributed by atoms with Crippen molar-refractivity contribution in [2.75, 3.05) is 17.3 Å². The number of imidazole rings is 1. The lowest BCUT2D eigenvalue weighted by molar-refractivity contribution is 0.0991. The number of allylic oxidation sites excluding steroid dienone is 1. The third-order valence-corrected chi connectivity index (χ3v) is 8.57. The fourth-order valence-electron chi connectivity index (χ4n) is 5.04. The maximum atomic E-state index is 13.4. The number of hydrogen-bond acceptors (Lipinski definition) is 8. The number of thiophene rings is 1. The third-order valence-electron chi connectivity index (χ3n) is 7.47. The molecule has 0 bridgehead atoms. The van der Waals surface area contributed by atoms with Crippen molar-refractivity contribution in [1.29, 1.82) is 5.26 Å². The average molecular weight is 592 g/mol. The highest BCUT2D eigenvalue weighted by Crippen LogP contribution is 2.31. The average Bonchev–Trinajstić information content (AvgIpc) is 3.81. The van der Waals surface area contributed by atoms with Crippen LogP contribution in [0.1, 0.15) is 40.4 Å². The number of nitriles is 1. The largest absolute Gasteiger partial charge is 0.443 e. The fourth-order valence-corrected chi connectivity index (χ4v) is 5.89. The Bertz CT molecular complexity index is 1920. The van der Waals surface area contributed by atoms with Crippen LogP contribution in [-0.2, 0) is 6.54 Å². The lowest BCUT2D eigenvalue weighted by atomic mass is 9.91. The first-order chi connectivity index (χ1) is 20.9. The van der Waals surface area contributed by atoms with Gasteiger partial charge in [0.1, 0.15) is 0 Å². The van der Waals surface area contributed by atoms with Crippen LogP contribution in [0.2, 0.25) is 0 Å². The second kappa shape index (κ2) is 11.9. The monoisotopic (exact) mass is 591 g/mol. The topological polar surface area (TPSA) is 129 Å². The Kier molecular flexibility index (Phi) is 7.68. The van der Waals surface area contributed by atoms with Gasteiger partial charge in [-0.25, -0.2) is 9.97 Å². The van der Waals surface area contributed by atoms with Gasteiger partial charge in [0.2, 0.25) is 5.95 Å². The molecule has 6 rings (SSSR count). The Hall–Kier alpha value is -5.34. The number of oxazole rings is 1. The quantitative estimate of drug-likeness (QED) is 0.215. The number of rotatable bonds is 8. The number of fused-ring (bicyclic) bond motifs is 1. The van der Waals surface area contributed by atoms with E-state index in [1.165, 1.54) is 22.6 Å². The summed E-state index contributed by atoms with van der Waals surface area (Å²) in [5.74, 6) is 0.935. The molecule has 0 aliphatic carbocycles. The number of nitrogens with zero attached hydrogens (tertiary/aromatic N) is 6. The van der Waals surface area contributed by atoms with Gasteiger partial charge in [0.05, 0.1) is 38.6 Å². The van der Waals surface area contributed by atoms with Crippen LogP contribution in [0.5, 0.6) is 0 Å². The summed E-state index contributed by atoms with van der Waals surface area (Å²) in [6, 6.07) is 17.9. The molecule has 2 amide bonds. The first-order valence-electron chi connectivity index (χ1n) is 13.7. The number of amides is 2. The predicted octanol–water partition coefficient (Wildman–Crippen LogP) is 6.64. The van der Waals surface area contributed by atoms with Gasteiger partial charge in [0, 0.05) is 44.6 Å². The van der Waals surface area contributed by atoms with Crippen LogP contribution in [-0.4, -0.2) is 39.6 Å². The Morgan fingerprint density at radius 1 is 1.26 bits per heavy atom. The maximum Gasteiger partial charge on any atom is 0.268 e. The molecule has 3 aromatic heterocycles. The van der Waals surface area contributed by atoms with Crippen LogP contribution < -0.4 is 10.2 Å². The molecule has 216 valence electrons. The Balaban J connectivity index is 0.00000384. The Morgan fingerprint density at radius 2 is 2.14 bits per heavy atom. The van der Waals surface area contributed by atoms with Crippen LogP contribution in [0.25, 0.3) is 21.7 Å². The minimum atomic E-state index is -0.285. The van der Waals surface area contributed by atoms with Crippen molar-refractivity contribution in [1.82, 2.24) is 14.5 Å². The number of carbonyl (C=O) groups excluding carboxylic acids is 2. The summed E-state index contributed by atoms with van der Waals surface area (Å²) in [6.45, 7) is 2.76. The van der Waals surface area contributed by atoms with Crippen molar-refractivity contribution in [3.05, 3.63) is 95.5 Å². The van der Waals surface area contributed by atoms with E-state index in [0.29, 0.717) is 45.5 Å². The lowest BCUT2D eigenvalue weighted by Gasteiger charge is -2.22. The molecular weight excluding hydrogens is 562 g/mol. The van der Waals surface area contributed by atoms with Crippen molar-refractivity contribution >= 4 is 52.0 Å². The first kappa shape index (κ1) is 27.8. The van der Waals surface area contributed by atoms with Crippen LogP contribution in [0.3, 0.4) is 0 Å². The number of hydrogen-bond donors (Lipinski definition) is 1. The molecule has 0 saturated carbocycles. The number of benzene rings is 2. The Morgan fingerprint density at radius 3 is 2.91 bits per heavy atom. The van der Waals surface area contributed by atoms with E-state index in [1.807, 2.05) is 41.2 Å². The van der Waals surface area contributed by atoms with E-state index in [0.717, 1.165) is 16.8 Å². The second-order valence-corrected chi connectivity index (χ2v) is 11.4. The molecule has 1 aliphatic rings. The summed E-state index contributed by atoms with van der Waals surface area (Å²) in [5, 5.41) is 12.3. The van der Waals surface area contributed by atoms with Crippen LogP contribution in [0.15, 0.2) is 88.9 Å². The standard InChI is InChI=1S/C32H27N7O3S.H2/c1-20(23-7-4-12-34-16-23)18-39-26-9-8-24(38(2)31(41)22-6-3-5-21(13-22)15-33)14-25(26)36-32(39)37-30(40)29-11-10-28(43-29)27-17-35-19-42-27;/h3-6,8-14,16-17,19-20,23H,7,18H2,1-2H3,(H,36,37,40);1H. The predicted molar refractivity (Wildman–Crippen MR) is 168 cm³/mol. The van der Waals surface area contributed by atoms with Crippen LogP contribution >= 0.6 is 11.3 Å². The lowest BCUT2D eigenvalue weighted by Crippen LogP contribution is -2.26. The summed E-state index contributed by atoms with van der Waals surface area (Å²) in [7, 11) is 1.68. The van der Waals surface area contributed by atoms with Crippen molar-refractivity contribution < 1.29 is 15.4 Å². The van der Waals surface area contributed by atoms with Crippen molar-refractivity contribution in [3.63, 3.8) is 0 Å². The zero-order chi connectivity index (χ0) is 29.9. The summed E-state index contributed by atoms with van der Waals surface area (Å²) in [5.41, 5.74) is 2.93. The highest BCUT2D eigenvalue weighted by Gasteiger charge is 2.23. The van der Waals surface area contributed by atoms with Gasteiger partial charge in [-0.05, 0) is 60.9 Å². The molecule has 1 N–H and O–H groups in total. The van der Waals surface area contributed by atoms with E-state index in [4.69, 9.17) is 9.40 Å². The number of anilines is 2. The van der Waals surface area contributed by atoms with E-state index in [2.05, 4.69) is 34.4 Å². The molecule has 4 heterocycles. The smallest absolute Gasteiger partial charge is 0.268 e. The molecule has 1 aliphatic heterocycles. The van der Waals surface area contributed by atoms with Gasteiger partial charge in [-0.1, -0.05) is 19.1 Å². The van der Waals surface area contributed by atoms with Crippen molar-refractivity contribution in [2.24, 2.45) is 16.8 Å². The van der Waals surface area contributed by atoms with Gasteiger partial charge in [-0.2, -0.15) is 5.26 Å². The molecule has 0 radical (unpaired) electrons. The fraction of sp³-hybridized carbons (Fsp3) is 0.188. The summed E-state index contributed by atoms with van der Waals surface area (Å²) < 4.78 is 7.38. The highest BCUT2D eigenvalue weighted by molar-refractivity contribution is 7.17. The number of carbonyl (C=O) groups is 2. The molecule has 0 fully saturated rings. The van der Waals surface area contributed by atoms with Gasteiger partial charge < -0.3 is 13.9 Å². The highest BCUT2D eigenvalue weighted by atomic mass is 32.1. The third kappa shape index (κ3) is 5.73. The molecule has 5 aromatic rings. The number of nitrogens with one attached hydrogen (secondary N) is 1. The van der Waals surface area contributed by atoms with E-state index in [1.54, 1.807) is 43.6 Å². The van der Waals surface area contributed by atoms with E-state index in [-0.39, 0.29) is 25.1 Å². The maximum absolute atomic E-state index is 13.4. The van der Waals surface area contributed by atoms with Crippen LogP contribution in [0.4, 0.5) is 11.6 Å². The van der Waals surface area contributed by atoms with Crippen LogP contribution in [0, 0.1) is 23.2 Å². The SMILES string of the molecule is CC(Cn1c(NC(=O)c2ccc(-c3cnco3)s2)nc2cc(N(C)C(=O)c3cccc(C#N)c3)ccc21)C1C=NC=CC1.[HH].